The van der Waals surface area contributed by atoms with Crippen LogP contribution in [-0.2, 0) is 35.7 Å². The van der Waals surface area contributed by atoms with E-state index in [9.17, 15) is 9.90 Å². The molecule has 2 aliphatic carbocycles. The number of allylic oxidation sites excluding steroid dienone is 2. The van der Waals surface area contributed by atoms with Crippen LogP contribution in [0.2, 0.25) is 0 Å². The van der Waals surface area contributed by atoms with Crippen LogP contribution in [-0.4, -0.2) is 15.9 Å². The molecular weight excluding hydrogens is 695 g/mol. The molecule has 0 amide bonds. The number of nitrogens with zero attached hydrogens (tertiary/aromatic N) is 1. The molecule has 4 aromatic rings. The number of fused-ring (bicyclic) bond motifs is 4. The van der Waals surface area contributed by atoms with Crippen LogP contribution in [0.25, 0.3) is 33.2 Å². The van der Waals surface area contributed by atoms with Crippen molar-refractivity contribution in [1.82, 2.24) is 4.98 Å². The third-order valence-electron chi connectivity index (χ3n) is 8.77. The number of hydrogen-bond acceptors (Lipinski definition) is 3. The Bertz CT molecular complexity index is 1730. The Morgan fingerprint density at radius 2 is 1.40 bits per heavy atom. The molecule has 4 heteroatoms. The van der Waals surface area contributed by atoms with Gasteiger partial charge >= 0.3 is 0 Å². The second-order valence-electron chi connectivity index (χ2n) is 14.6. The summed E-state index contributed by atoms with van der Waals surface area (Å²) in [7, 11) is 0. The summed E-state index contributed by atoms with van der Waals surface area (Å²) in [6.45, 7) is 20.5. The summed E-state index contributed by atoms with van der Waals surface area (Å²) >= 11 is 0. The molecule has 0 aliphatic heterocycles. The SMILES string of the molecule is CC(C)(C)C(=O)/C=C(\O)C(C)(C)C.CC1(C)c2cc[c-]c3c2-c2c1cccc2C(C)(C)c1c-3ncc2ccccc12.[Ir]. The number of pyridine rings is 1. The predicted octanol–water partition coefficient (Wildman–Crippen LogP) is 9.73. The Hall–Kier alpha value is -3.07. The molecule has 3 aromatic carbocycles. The van der Waals surface area contributed by atoms with Gasteiger partial charge in [-0.1, -0.05) is 123 Å². The number of aliphatic hydroxyl groups is 1. The van der Waals surface area contributed by atoms with E-state index >= 15 is 0 Å². The van der Waals surface area contributed by atoms with Crippen molar-refractivity contribution in [1.29, 1.82) is 0 Å². The monoisotopic (exact) mass is 737 g/mol. The second-order valence-corrected chi connectivity index (χ2v) is 14.6. The number of hydrogen-bond donors (Lipinski definition) is 1. The number of carbonyl (C=O) groups is 1. The number of benzene rings is 3. The molecule has 0 saturated carbocycles. The van der Waals surface area contributed by atoms with Crippen molar-refractivity contribution >= 4 is 16.6 Å². The topological polar surface area (TPSA) is 50.2 Å². The molecule has 0 bridgehead atoms. The maximum absolute atomic E-state index is 11.5. The fourth-order valence-electron chi connectivity index (χ4n) is 6.15. The van der Waals surface area contributed by atoms with Crippen LogP contribution < -0.4 is 0 Å². The van der Waals surface area contributed by atoms with Crippen molar-refractivity contribution in [2.45, 2.75) is 80.1 Å². The molecule has 0 saturated heterocycles. The molecule has 6 rings (SSSR count). The van der Waals surface area contributed by atoms with E-state index < -0.39 is 5.41 Å². The molecule has 1 aromatic heterocycles. The minimum atomic E-state index is -0.417. The Labute approximate surface area is 264 Å². The summed E-state index contributed by atoms with van der Waals surface area (Å²) in [5, 5.41) is 12.0. The smallest absolute Gasteiger partial charge is 0.164 e. The van der Waals surface area contributed by atoms with E-state index in [2.05, 4.69) is 88.4 Å². The first-order chi connectivity index (χ1) is 19.0. The van der Waals surface area contributed by atoms with Gasteiger partial charge in [-0.3, -0.25) is 4.79 Å². The van der Waals surface area contributed by atoms with Crippen LogP contribution in [0.15, 0.2) is 72.6 Å². The fraction of sp³-hybridized carbons (Fsp3) is 0.368. The Morgan fingerprint density at radius 3 is 2.02 bits per heavy atom. The van der Waals surface area contributed by atoms with Gasteiger partial charge in [0.2, 0.25) is 0 Å². The summed E-state index contributed by atoms with van der Waals surface area (Å²) in [5.74, 6) is 0.104. The predicted molar refractivity (Wildman–Crippen MR) is 170 cm³/mol. The van der Waals surface area contributed by atoms with Gasteiger partial charge in [-0.05, 0) is 38.6 Å². The summed E-state index contributed by atoms with van der Waals surface area (Å²) in [6, 6.07) is 23.4. The largest absolute Gasteiger partial charge is 0.512 e. The van der Waals surface area contributed by atoms with Gasteiger partial charge in [0.25, 0.3) is 0 Å². The quantitative estimate of drug-likeness (QED) is 0.120. The van der Waals surface area contributed by atoms with E-state index in [1.165, 1.54) is 50.2 Å². The molecular formula is C38H42IrNO2-. The number of ketones is 1. The van der Waals surface area contributed by atoms with Crippen molar-refractivity contribution < 1.29 is 30.0 Å². The summed E-state index contributed by atoms with van der Waals surface area (Å²) in [4.78, 5) is 16.5. The van der Waals surface area contributed by atoms with Crippen molar-refractivity contribution in [2.75, 3.05) is 0 Å². The number of aromatic nitrogens is 1. The average molecular weight is 737 g/mol. The maximum atomic E-state index is 11.5. The summed E-state index contributed by atoms with van der Waals surface area (Å²) in [6.07, 6.45) is 3.36. The van der Waals surface area contributed by atoms with E-state index in [4.69, 9.17) is 4.98 Å². The van der Waals surface area contributed by atoms with Crippen LogP contribution in [0, 0.1) is 16.9 Å². The van der Waals surface area contributed by atoms with Gasteiger partial charge in [0, 0.05) is 48.6 Å². The number of carbonyl (C=O) groups excluding carboxylic acids is 1. The molecule has 0 fully saturated rings. The first-order valence-electron chi connectivity index (χ1n) is 14.5. The molecule has 0 unspecified atom stereocenters. The van der Waals surface area contributed by atoms with Crippen LogP contribution in [0.3, 0.4) is 0 Å². The minimum Gasteiger partial charge on any atom is -0.512 e. The summed E-state index contributed by atoms with van der Waals surface area (Å²) in [5.41, 5.74) is 9.59. The number of rotatable bonds is 1. The zero-order valence-electron chi connectivity index (χ0n) is 26.5. The van der Waals surface area contributed by atoms with E-state index in [0.717, 1.165) is 11.3 Å². The van der Waals surface area contributed by atoms with Crippen molar-refractivity contribution in [2.24, 2.45) is 10.8 Å². The van der Waals surface area contributed by atoms with Crippen molar-refractivity contribution in [3.8, 4) is 22.4 Å². The molecule has 3 nitrogen and oxygen atoms in total. The summed E-state index contributed by atoms with van der Waals surface area (Å²) < 4.78 is 0. The van der Waals surface area contributed by atoms with Crippen LogP contribution in [0.1, 0.15) is 91.5 Å². The fourth-order valence-corrected chi connectivity index (χ4v) is 6.15. The zero-order valence-corrected chi connectivity index (χ0v) is 28.9. The Balaban J connectivity index is 0.000000249. The molecule has 2 aliphatic rings. The Morgan fingerprint density at radius 1 is 0.810 bits per heavy atom. The standard InChI is InChI=1S/C27H22N.C11H20O2.Ir/c1-26(2)19-12-7-11-18-22(19)23-20(26)13-8-14-21(23)27(3,4)24-17-10-6-5-9-16(17)15-28-25(18)24;1-10(2,3)8(12)7-9(13)11(4,5)6;/h5-10,12-15H,1-4H3;7,12H,1-6H3;/q-1;;/b;8-7-;. The van der Waals surface area contributed by atoms with Gasteiger partial charge in [-0.15, -0.1) is 29.3 Å². The van der Waals surface area contributed by atoms with Gasteiger partial charge < -0.3 is 10.1 Å². The van der Waals surface area contributed by atoms with E-state index in [-0.39, 0.29) is 47.9 Å². The normalized spacial score (nSPS) is 15.9. The van der Waals surface area contributed by atoms with Gasteiger partial charge in [-0.25, -0.2) is 0 Å². The molecule has 1 radical (unpaired) electrons. The van der Waals surface area contributed by atoms with E-state index in [1.807, 2.05) is 47.7 Å². The molecule has 1 N–H and O–H groups in total. The van der Waals surface area contributed by atoms with Crippen LogP contribution in [0.4, 0.5) is 0 Å². The third kappa shape index (κ3) is 5.07. The molecule has 42 heavy (non-hydrogen) atoms. The average Bonchev–Trinajstić information content (AvgIpc) is 3.08. The molecule has 1 heterocycles. The van der Waals surface area contributed by atoms with E-state index in [1.54, 1.807) is 0 Å². The number of aliphatic hydroxyl groups excluding tert-OH is 1. The van der Waals surface area contributed by atoms with Crippen LogP contribution in [0.5, 0.6) is 0 Å². The second kappa shape index (κ2) is 10.6. The van der Waals surface area contributed by atoms with Gasteiger partial charge in [0.1, 0.15) is 5.76 Å². The third-order valence-corrected chi connectivity index (χ3v) is 8.77. The first-order valence-corrected chi connectivity index (χ1v) is 14.5. The van der Waals surface area contributed by atoms with Crippen LogP contribution >= 0.6 is 0 Å². The van der Waals surface area contributed by atoms with Gasteiger partial charge in [0.15, 0.2) is 5.78 Å². The maximum Gasteiger partial charge on any atom is 0.164 e. The minimum absolute atomic E-state index is 0. The zero-order chi connectivity index (χ0) is 30.1. The first kappa shape index (κ1) is 31.9. The molecule has 0 atom stereocenters. The van der Waals surface area contributed by atoms with Crippen molar-refractivity contribution in [3.05, 3.63) is 101 Å². The van der Waals surface area contributed by atoms with E-state index in [0.29, 0.717) is 0 Å². The molecule has 221 valence electrons. The van der Waals surface area contributed by atoms with Gasteiger partial charge in [-0.2, -0.15) is 0 Å². The Kier molecular flexibility index (Phi) is 8.02. The van der Waals surface area contributed by atoms with Gasteiger partial charge in [0.05, 0.1) is 0 Å². The van der Waals surface area contributed by atoms with Crippen molar-refractivity contribution in [3.63, 3.8) is 0 Å². The molecule has 0 spiro atoms.